The van der Waals surface area contributed by atoms with Gasteiger partial charge in [0.1, 0.15) is 5.69 Å². The highest BCUT2D eigenvalue weighted by atomic mass is 32.2. The summed E-state index contributed by atoms with van der Waals surface area (Å²) in [5.74, 6) is 0. The second-order valence-electron chi connectivity index (χ2n) is 7.39. The summed E-state index contributed by atoms with van der Waals surface area (Å²) in [4.78, 5) is 13.2. The molecule has 0 unspecified atom stereocenters. The van der Waals surface area contributed by atoms with Crippen LogP contribution in [0.15, 0.2) is 71.6 Å². The van der Waals surface area contributed by atoms with Crippen molar-refractivity contribution in [2.75, 3.05) is 22.3 Å². The third kappa shape index (κ3) is 2.83. The minimum atomic E-state index is -3.90. The molecule has 3 aromatic rings. The maximum atomic E-state index is 13.3. The van der Waals surface area contributed by atoms with E-state index in [1.54, 1.807) is 18.2 Å². The minimum absolute atomic E-state index is 0.0675. The van der Waals surface area contributed by atoms with Crippen LogP contribution in [0, 0.1) is 10.1 Å². The molecule has 0 aromatic heterocycles. The predicted molar refractivity (Wildman–Crippen MR) is 115 cm³/mol. The molecule has 2 aliphatic rings. The van der Waals surface area contributed by atoms with Crippen LogP contribution in [0.1, 0.15) is 11.1 Å². The lowest BCUT2D eigenvalue weighted by atomic mass is 10.2. The zero-order chi connectivity index (χ0) is 20.9. The Bertz CT molecular complexity index is 1270. The summed E-state index contributed by atoms with van der Waals surface area (Å²) in [6.07, 6.45) is 1.41. The lowest BCUT2D eigenvalue weighted by Crippen LogP contribution is -2.29. The van der Waals surface area contributed by atoms with Gasteiger partial charge >= 0.3 is 0 Å². The van der Waals surface area contributed by atoms with Gasteiger partial charge in [-0.1, -0.05) is 36.4 Å². The third-order valence-electron chi connectivity index (χ3n) is 5.75. The Kier molecular flexibility index (Phi) is 4.25. The standard InChI is InChI=1S/C22H19N3O4S/c26-25(27)22-15-18(30(28,29)24-14-12-17-6-2-4-8-20(17)24)9-10-21(22)23-13-11-16-5-1-3-7-19(16)23/h1-10,15H,11-14H2. The molecular weight excluding hydrogens is 402 g/mol. The van der Waals surface area contributed by atoms with Gasteiger partial charge in [0.25, 0.3) is 15.7 Å². The smallest absolute Gasteiger partial charge is 0.294 e. The summed E-state index contributed by atoms with van der Waals surface area (Å²) < 4.78 is 27.9. The van der Waals surface area contributed by atoms with Crippen LogP contribution in [0.4, 0.5) is 22.7 Å². The molecule has 0 N–H and O–H groups in total. The van der Waals surface area contributed by atoms with Crippen LogP contribution >= 0.6 is 0 Å². The zero-order valence-corrected chi connectivity index (χ0v) is 16.9. The fourth-order valence-corrected chi connectivity index (χ4v) is 5.84. The van der Waals surface area contributed by atoms with Gasteiger partial charge in [-0.2, -0.15) is 0 Å². The first-order valence-electron chi connectivity index (χ1n) is 9.71. The van der Waals surface area contributed by atoms with Gasteiger partial charge in [-0.05, 0) is 48.2 Å². The van der Waals surface area contributed by atoms with E-state index in [-0.39, 0.29) is 10.6 Å². The number of hydrogen-bond acceptors (Lipinski definition) is 5. The molecule has 30 heavy (non-hydrogen) atoms. The monoisotopic (exact) mass is 421 g/mol. The molecule has 0 bridgehead atoms. The number of para-hydroxylation sites is 2. The summed E-state index contributed by atoms with van der Waals surface area (Å²) in [6.45, 7) is 0.947. The zero-order valence-electron chi connectivity index (χ0n) is 16.1. The van der Waals surface area contributed by atoms with Crippen molar-refractivity contribution in [1.82, 2.24) is 0 Å². The van der Waals surface area contributed by atoms with E-state index in [9.17, 15) is 18.5 Å². The summed E-state index contributed by atoms with van der Waals surface area (Å²) in [6, 6.07) is 19.3. The SMILES string of the molecule is O=[N+]([O-])c1cc(S(=O)(=O)N2CCc3ccccc32)ccc1N1CCc2ccccc21. The second kappa shape index (κ2) is 6.84. The Hall–Kier alpha value is -3.39. The molecule has 0 fully saturated rings. The van der Waals surface area contributed by atoms with Crippen LogP contribution in [-0.4, -0.2) is 26.4 Å². The van der Waals surface area contributed by atoms with E-state index in [1.807, 2.05) is 41.3 Å². The maximum absolute atomic E-state index is 13.3. The fraction of sp³-hybridized carbons (Fsp3) is 0.182. The highest BCUT2D eigenvalue weighted by Gasteiger charge is 2.33. The molecule has 0 spiro atoms. The molecule has 7 nitrogen and oxygen atoms in total. The number of anilines is 3. The highest BCUT2D eigenvalue weighted by molar-refractivity contribution is 7.92. The van der Waals surface area contributed by atoms with Gasteiger partial charge in [-0.25, -0.2) is 8.42 Å². The van der Waals surface area contributed by atoms with Crippen molar-refractivity contribution in [3.05, 3.63) is 88.0 Å². The number of benzene rings is 3. The van der Waals surface area contributed by atoms with Crippen molar-refractivity contribution in [3.8, 4) is 0 Å². The topological polar surface area (TPSA) is 83.8 Å². The molecule has 3 aromatic carbocycles. The predicted octanol–water partition coefficient (Wildman–Crippen LogP) is 4.04. The van der Waals surface area contributed by atoms with E-state index in [2.05, 4.69) is 0 Å². The molecule has 152 valence electrons. The van der Waals surface area contributed by atoms with Crippen molar-refractivity contribution in [2.24, 2.45) is 0 Å². The van der Waals surface area contributed by atoms with Crippen molar-refractivity contribution in [2.45, 2.75) is 17.7 Å². The van der Waals surface area contributed by atoms with Gasteiger partial charge in [0.15, 0.2) is 0 Å². The van der Waals surface area contributed by atoms with E-state index in [4.69, 9.17) is 0 Å². The molecule has 0 radical (unpaired) electrons. The Balaban J connectivity index is 1.57. The molecule has 0 saturated carbocycles. The van der Waals surface area contributed by atoms with E-state index in [0.29, 0.717) is 30.9 Å². The van der Waals surface area contributed by atoms with Crippen LogP contribution < -0.4 is 9.21 Å². The van der Waals surface area contributed by atoms with Crippen molar-refractivity contribution < 1.29 is 13.3 Å². The average molecular weight is 421 g/mol. The van der Waals surface area contributed by atoms with Gasteiger partial charge in [-0.3, -0.25) is 14.4 Å². The maximum Gasteiger partial charge on any atom is 0.294 e. The summed E-state index contributed by atoms with van der Waals surface area (Å²) in [5, 5.41) is 11.9. The quantitative estimate of drug-likeness (QED) is 0.469. The number of nitrogens with zero attached hydrogens (tertiary/aromatic N) is 3. The van der Waals surface area contributed by atoms with Gasteiger partial charge in [0, 0.05) is 24.8 Å². The summed E-state index contributed by atoms with van der Waals surface area (Å²) in [5.41, 5.74) is 3.84. The molecule has 5 rings (SSSR count). The first-order chi connectivity index (χ1) is 14.5. The van der Waals surface area contributed by atoms with Crippen LogP contribution in [0.3, 0.4) is 0 Å². The normalized spacial score (nSPS) is 15.2. The Morgan fingerprint density at radius 2 is 1.43 bits per heavy atom. The van der Waals surface area contributed by atoms with Gasteiger partial charge < -0.3 is 4.90 Å². The first-order valence-corrected chi connectivity index (χ1v) is 11.2. The molecule has 0 aliphatic carbocycles. The number of nitro groups is 1. The Morgan fingerprint density at radius 1 is 0.800 bits per heavy atom. The number of fused-ring (bicyclic) bond motifs is 2. The van der Waals surface area contributed by atoms with Crippen molar-refractivity contribution in [3.63, 3.8) is 0 Å². The lowest BCUT2D eigenvalue weighted by Gasteiger charge is -2.22. The van der Waals surface area contributed by atoms with Gasteiger partial charge in [0.2, 0.25) is 0 Å². The number of rotatable bonds is 4. The summed E-state index contributed by atoms with van der Waals surface area (Å²) in [7, 11) is -3.90. The van der Waals surface area contributed by atoms with Crippen molar-refractivity contribution in [1.29, 1.82) is 0 Å². The largest absolute Gasteiger partial charge is 0.335 e. The fourth-order valence-electron chi connectivity index (χ4n) is 4.31. The molecule has 0 atom stereocenters. The molecule has 0 saturated heterocycles. The minimum Gasteiger partial charge on any atom is -0.335 e. The van der Waals surface area contributed by atoms with Crippen molar-refractivity contribution >= 4 is 32.8 Å². The second-order valence-corrected chi connectivity index (χ2v) is 9.26. The van der Waals surface area contributed by atoms with E-state index < -0.39 is 14.9 Å². The average Bonchev–Trinajstić information content (AvgIpc) is 3.38. The number of hydrogen-bond donors (Lipinski definition) is 0. The van der Waals surface area contributed by atoms with E-state index in [0.717, 1.165) is 23.2 Å². The van der Waals surface area contributed by atoms with Gasteiger partial charge in [0.05, 0.1) is 15.5 Å². The number of sulfonamides is 1. The van der Waals surface area contributed by atoms with E-state index in [1.165, 1.54) is 16.4 Å². The van der Waals surface area contributed by atoms with Crippen LogP contribution in [-0.2, 0) is 22.9 Å². The molecule has 8 heteroatoms. The number of nitro benzene ring substituents is 1. The van der Waals surface area contributed by atoms with Crippen LogP contribution in [0.5, 0.6) is 0 Å². The molecule has 2 heterocycles. The Labute approximate surface area is 174 Å². The molecule has 2 aliphatic heterocycles. The first kappa shape index (κ1) is 18.6. The highest BCUT2D eigenvalue weighted by Crippen LogP contribution is 2.41. The Morgan fingerprint density at radius 3 is 2.17 bits per heavy atom. The van der Waals surface area contributed by atoms with Crippen LogP contribution in [0.25, 0.3) is 0 Å². The van der Waals surface area contributed by atoms with E-state index >= 15 is 0 Å². The lowest BCUT2D eigenvalue weighted by molar-refractivity contribution is -0.384. The summed E-state index contributed by atoms with van der Waals surface area (Å²) >= 11 is 0. The van der Waals surface area contributed by atoms with Crippen LogP contribution in [0.2, 0.25) is 0 Å². The molecule has 0 amide bonds. The van der Waals surface area contributed by atoms with Gasteiger partial charge in [-0.15, -0.1) is 0 Å². The third-order valence-corrected chi connectivity index (χ3v) is 7.56. The molecular formula is C22H19N3O4S.